The number of nitrogens with zero attached hydrogens (tertiary/aromatic N) is 4. The van der Waals surface area contributed by atoms with Crippen molar-refractivity contribution in [3.63, 3.8) is 0 Å². The second kappa shape index (κ2) is 8.24. The molecular weight excluding hydrogens is 422 g/mol. The molecule has 0 saturated carbocycles. The van der Waals surface area contributed by atoms with Crippen LogP contribution in [-0.4, -0.2) is 25.1 Å². The first-order valence-corrected chi connectivity index (χ1v) is 10.9. The van der Waals surface area contributed by atoms with Gasteiger partial charge in [0.1, 0.15) is 6.54 Å². The van der Waals surface area contributed by atoms with E-state index in [9.17, 15) is 9.59 Å². The molecule has 3 aromatic heterocycles. The predicted molar refractivity (Wildman–Crippen MR) is 126 cm³/mol. The van der Waals surface area contributed by atoms with Crippen molar-refractivity contribution in [3.8, 4) is 22.5 Å². The number of amides is 1. The number of carbonyl (C=O) groups is 1. The summed E-state index contributed by atoms with van der Waals surface area (Å²) >= 11 is 1.58. The maximum atomic E-state index is 12.5. The molecule has 0 saturated heterocycles. The van der Waals surface area contributed by atoms with Crippen molar-refractivity contribution in [1.29, 1.82) is 0 Å². The zero-order chi connectivity index (χ0) is 22.1. The first-order chi connectivity index (χ1) is 15.5. The minimum absolute atomic E-state index is 0.169. The molecule has 0 aliphatic rings. The molecule has 0 spiro atoms. The summed E-state index contributed by atoms with van der Waals surface area (Å²) in [6.07, 6.45) is 3.94. The van der Waals surface area contributed by atoms with Crippen LogP contribution in [0.5, 0.6) is 0 Å². The van der Waals surface area contributed by atoms with Gasteiger partial charge in [-0.15, -0.1) is 11.3 Å². The van der Waals surface area contributed by atoms with Gasteiger partial charge in [-0.2, -0.15) is 5.10 Å². The molecule has 0 atom stereocenters. The van der Waals surface area contributed by atoms with Crippen molar-refractivity contribution in [3.05, 3.63) is 94.4 Å². The Hall–Kier alpha value is -4.04. The Labute approximate surface area is 187 Å². The maximum Gasteiger partial charge on any atom is 0.267 e. The van der Waals surface area contributed by atoms with E-state index in [-0.39, 0.29) is 18.0 Å². The number of anilines is 1. The molecule has 2 aromatic carbocycles. The highest BCUT2D eigenvalue weighted by Crippen LogP contribution is 2.23. The molecule has 1 N–H and O–H groups in total. The second-order valence-electron chi connectivity index (χ2n) is 7.43. The van der Waals surface area contributed by atoms with Crippen LogP contribution < -0.4 is 10.9 Å². The SMILES string of the molecule is Cc1ccc(-c2ccc(=O)n(CC(=O)Nc3ccc(-c4cn5ccsc5n4)cc3)n2)cc1. The molecule has 3 heterocycles. The van der Waals surface area contributed by atoms with Gasteiger partial charge in [-0.05, 0) is 25.1 Å². The standard InChI is InChI=1S/C24H19N5O2S/c1-16-2-4-17(5-3-16)20-10-11-23(31)29(27-20)15-22(30)25-19-8-6-18(7-9-19)21-14-28-12-13-32-24(28)26-21/h2-14H,15H2,1H3,(H,25,30). The van der Waals surface area contributed by atoms with E-state index < -0.39 is 0 Å². The van der Waals surface area contributed by atoms with Gasteiger partial charge >= 0.3 is 0 Å². The fraction of sp³-hybridized carbons (Fsp3) is 0.0833. The largest absolute Gasteiger partial charge is 0.324 e. The first kappa shape index (κ1) is 19.9. The monoisotopic (exact) mass is 441 g/mol. The molecule has 0 fully saturated rings. The lowest BCUT2D eigenvalue weighted by molar-refractivity contribution is -0.117. The summed E-state index contributed by atoms with van der Waals surface area (Å²) in [7, 11) is 0. The number of aryl methyl sites for hydroxylation is 1. The average molecular weight is 442 g/mol. The van der Waals surface area contributed by atoms with Gasteiger partial charge in [0.2, 0.25) is 5.91 Å². The summed E-state index contributed by atoms with van der Waals surface area (Å²) in [4.78, 5) is 30.3. The molecule has 32 heavy (non-hydrogen) atoms. The molecule has 8 heteroatoms. The molecule has 5 aromatic rings. The molecule has 5 rings (SSSR count). The van der Waals surface area contributed by atoms with Gasteiger partial charge in [-0.1, -0.05) is 42.0 Å². The smallest absolute Gasteiger partial charge is 0.267 e. The van der Waals surface area contributed by atoms with Crippen molar-refractivity contribution in [1.82, 2.24) is 19.2 Å². The van der Waals surface area contributed by atoms with Crippen LogP contribution in [0.4, 0.5) is 5.69 Å². The van der Waals surface area contributed by atoms with E-state index in [0.717, 1.165) is 27.3 Å². The van der Waals surface area contributed by atoms with Crippen molar-refractivity contribution in [2.24, 2.45) is 0 Å². The fourth-order valence-corrected chi connectivity index (χ4v) is 4.07. The third-order valence-corrected chi connectivity index (χ3v) is 5.84. The maximum absolute atomic E-state index is 12.5. The van der Waals surface area contributed by atoms with Gasteiger partial charge in [0.05, 0.1) is 11.4 Å². The van der Waals surface area contributed by atoms with Gasteiger partial charge in [0.25, 0.3) is 5.56 Å². The summed E-state index contributed by atoms with van der Waals surface area (Å²) in [5.41, 5.74) is 4.82. The van der Waals surface area contributed by atoms with Crippen molar-refractivity contribution in [2.45, 2.75) is 13.5 Å². The van der Waals surface area contributed by atoms with Gasteiger partial charge in [-0.25, -0.2) is 9.67 Å². The highest BCUT2D eigenvalue weighted by Gasteiger charge is 2.10. The lowest BCUT2D eigenvalue weighted by atomic mass is 10.1. The Morgan fingerprint density at radius 3 is 2.44 bits per heavy atom. The van der Waals surface area contributed by atoms with E-state index in [2.05, 4.69) is 15.4 Å². The van der Waals surface area contributed by atoms with E-state index >= 15 is 0 Å². The minimum atomic E-state index is -0.328. The quantitative estimate of drug-likeness (QED) is 0.442. The molecule has 0 aliphatic heterocycles. The molecule has 0 radical (unpaired) electrons. The van der Waals surface area contributed by atoms with E-state index in [0.29, 0.717) is 11.4 Å². The van der Waals surface area contributed by atoms with E-state index in [1.807, 2.05) is 77.6 Å². The van der Waals surface area contributed by atoms with Crippen LogP contribution in [0.25, 0.3) is 27.5 Å². The fourth-order valence-electron chi connectivity index (χ4n) is 3.37. The normalized spacial score (nSPS) is 11.0. The molecule has 1 amide bonds. The van der Waals surface area contributed by atoms with Crippen molar-refractivity contribution in [2.75, 3.05) is 5.32 Å². The summed E-state index contributed by atoms with van der Waals surface area (Å²) in [5.74, 6) is -0.323. The lowest BCUT2D eigenvalue weighted by Crippen LogP contribution is -2.29. The molecular formula is C24H19N5O2S. The topological polar surface area (TPSA) is 81.3 Å². The third-order valence-electron chi connectivity index (χ3n) is 5.07. The van der Waals surface area contributed by atoms with E-state index in [1.54, 1.807) is 17.4 Å². The number of imidazole rings is 1. The van der Waals surface area contributed by atoms with Crippen molar-refractivity contribution < 1.29 is 4.79 Å². The van der Waals surface area contributed by atoms with Crippen LogP contribution in [0.2, 0.25) is 0 Å². The van der Waals surface area contributed by atoms with Crippen LogP contribution in [0.1, 0.15) is 5.56 Å². The molecule has 0 aliphatic carbocycles. The third kappa shape index (κ3) is 4.08. The summed E-state index contributed by atoms with van der Waals surface area (Å²) in [6, 6.07) is 18.4. The Morgan fingerprint density at radius 2 is 1.69 bits per heavy atom. The second-order valence-corrected chi connectivity index (χ2v) is 8.30. The molecule has 7 nitrogen and oxygen atoms in total. The highest BCUT2D eigenvalue weighted by atomic mass is 32.1. The van der Waals surface area contributed by atoms with Crippen LogP contribution >= 0.6 is 11.3 Å². The van der Waals surface area contributed by atoms with Gasteiger partial charge in [-0.3, -0.25) is 14.0 Å². The Morgan fingerprint density at radius 1 is 0.969 bits per heavy atom. The Kier molecular flexibility index (Phi) is 5.12. The first-order valence-electron chi connectivity index (χ1n) is 10.0. The number of thiazole rings is 1. The number of hydrogen-bond acceptors (Lipinski definition) is 5. The van der Waals surface area contributed by atoms with E-state index in [1.165, 1.54) is 10.7 Å². The Bertz CT molecular complexity index is 1430. The number of rotatable bonds is 5. The van der Waals surface area contributed by atoms with Gasteiger partial charge in [0, 0.05) is 40.7 Å². The average Bonchev–Trinajstić information content (AvgIpc) is 3.39. The highest BCUT2D eigenvalue weighted by molar-refractivity contribution is 7.15. The summed E-state index contributed by atoms with van der Waals surface area (Å²) in [6.45, 7) is 1.84. The zero-order valence-corrected chi connectivity index (χ0v) is 18.0. The van der Waals surface area contributed by atoms with Crippen molar-refractivity contribution >= 4 is 27.9 Å². The van der Waals surface area contributed by atoms with Gasteiger partial charge in [0.15, 0.2) is 4.96 Å². The number of hydrogen-bond donors (Lipinski definition) is 1. The number of nitrogens with one attached hydrogen (secondary N) is 1. The number of fused-ring (bicyclic) bond motifs is 1. The minimum Gasteiger partial charge on any atom is -0.324 e. The number of benzene rings is 2. The van der Waals surface area contributed by atoms with Crippen LogP contribution in [0.15, 0.2) is 83.2 Å². The zero-order valence-electron chi connectivity index (χ0n) is 17.2. The number of carbonyl (C=O) groups excluding carboxylic acids is 1. The van der Waals surface area contributed by atoms with Crippen LogP contribution in [0, 0.1) is 6.92 Å². The number of aromatic nitrogens is 4. The summed E-state index contributed by atoms with van der Waals surface area (Å²) < 4.78 is 3.15. The lowest BCUT2D eigenvalue weighted by Gasteiger charge is -2.09. The van der Waals surface area contributed by atoms with Gasteiger partial charge < -0.3 is 5.32 Å². The molecule has 158 valence electrons. The van der Waals surface area contributed by atoms with Crippen LogP contribution in [-0.2, 0) is 11.3 Å². The molecule has 0 unspecified atom stereocenters. The van der Waals surface area contributed by atoms with E-state index in [4.69, 9.17) is 0 Å². The predicted octanol–water partition coefficient (Wildman–Crippen LogP) is 4.23. The summed E-state index contributed by atoms with van der Waals surface area (Å²) in [5, 5.41) is 9.17. The van der Waals surface area contributed by atoms with Crippen LogP contribution in [0.3, 0.4) is 0 Å². The Balaban J connectivity index is 1.29. The molecule has 0 bridgehead atoms.